The summed E-state index contributed by atoms with van der Waals surface area (Å²) in [6, 6.07) is 7.07. The van der Waals surface area contributed by atoms with Gasteiger partial charge in [0.25, 0.3) is 0 Å². The SMILES string of the molecule is CCC/C(=C\c1ccccc1O)CC[C@@H](O)C1=C(CC)C[C@H]2C(=O)N(C(=O)OC)C(=O)[C@H]2[C@H]1CO. The van der Waals surface area contributed by atoms with Gasteiger partial charge in [0.15, 0.2) is 0 Å². The van der Waals surface area contributed by atoms with E-state index in [1.54, 1.807) is 12.1 Å². The molecule has 0 unspecified atom stereocenters. The Bertz CT molecular complexity index is 1030. The van der Waals surface area contributed by atoms with Gasteiger partial charge in [-0.2, -0.15) is 4.90 Å². The van der Waals surface area contributed by atoms with Crippen molar-refractivity contribution in [2.45, 2.75) is 58.5 Å². The smallest absolute Gasteiger partial charge is 0.423 e. The number of imide groups is 3. The topological polar surface area (TPSA) is 124 Å². The largest absolute Gasteiger partial charge is 0.507 e. The summed E-state index contributed by atoms with van der Waals surface area (Å²) in [6.45, 7) is 3.56. The average Bonchev–Trinajstić information content (AvgIpc) is 3.11. The number of methoxy groups -OCH3 is 1. The highest BCUT2D eigenvalue weighted by Gasteiger charge is 2.56. The van der Waals surface area contributed by atoms with Gasteiger partial charge in [-0.05, 0) is 43.7 Å². The van der Waals surface area contributed by atoms with Crippen LogP contribution in [0, 0.1) is 17.8 Å². The maximum Gasteiger partial charge on any atom is 0.423 e. The molecule has 1 aliphatic carbocycles. The first-order valence-electron chi connectivity index (χ1n) is 12.2. The third-order valence-electron chi connectivity index (χ3n) is 7.13. The van der Waals surface area contributed by atoms with Gasteiger partial charge in [-0.25, -0.2) is 4.79 Å². The Morgan fingerprint density at radius 3 is 2.51 bits per heavy atom. The summed E-state index contributed by atoms with van der Waals surface area (Å²) in [7, 11) is 1.11. The maximum atomic E-state index is 13.0. The zero-order valence-electron chi connectivity index (χ0n) is 20.6. The van der Waals surface area contributed by atoms with E-state index in [2.05, 4.69) is 11.7 Å². The number of allylic oxidation sites excluding steroid dienone is 2. The van der Waals surface area contributed by atoms with Crippen LogP contribution in [0.15, 0.2) is 41.0 Å². The molecule has 1 saturated heterocycles. The minimum atomic E-state index is -1.02. The summed E-state index contributed by atoms with van der Waals surface area (Å²) in [5.41, 5.74) is 3.23. The number of aromatic hydroxyl groups is 1. The molecule has 0 aromatic heterocycles. The third-order valence-corrected chi connectivity index (χ3v) is 7.13. The van der Waals surface area contributed by atoms with Crippen molar-refractivity contribution >= 4 is 24.0 Å². The molecule has 0 saturated carbocycles. The Morgan fingerprint density at radius 2 is 1.91 bits per heavy atom. The first-order valence-corrected chi connectivity index (χ1v) is 12.2. The Balaban J connectivity index is 1.86. The van der Waals surface area contributed by atoms with Crippen LogP contribution >= 0.6 is 0 Å². The Kier molecular flexibility index (Phi) is 8.86. The number of fused-ring (bicyclic) bond motifs is 1. The summed E-state index contributed by atoms with van der Waals surface area (Å²) in [6.07, 6.45) is 3.46. The van der Waals surface area contributed by atoms with Crippen LogP contribution in [0.25, 0.3) is 6.08 Å². The number of ether oxygens (including phenoxy) is 1. The molecule has 3 amide bonds. The van der Waals surface area contributed by atoms with Crippen molar-refractivity contribution < 1.29 is 34.4 Å². The molecule has 1 aromatic carbocycles. The van der Waals surface area contributed by atoms with Crippen molar-refractivity contribution in [3.63, 3.8) is 0 Å². The Hall–Kier alpha value is -2.97. The molecule has 190 valence electrons. The van der Waals surface area contributed by atoms with Gasteiger partial charge in [0.1, 0.15) is 5.75 Å². The normalized spacial score (nSPS) is 23.5. The van der Waals surface area contributed by atoms with E-state index >= 15 is 0 Å². The monoisotopic (exact) mass is 485 g/mol. The number of likely N-dealkylation sites (tertiary alicyclic amines) is 1. The molecule has 8 heteroatoms. The van der Waals surface area contributed by atoms with Crippen molar-refractivity contribution in [1.29, 1.82) is 0 Å². The zero-order chi connectivity index (χ0) is 25.7. The molecular formula is C27H35NO7. The van der Waals surface area contributed by atoms with Gasteiger partial charge in [-0.15, -0.1) is 0 Å². The lowest BCUT2D eigenvalue weighted by Gasteiger charge is -2.36. The number of amides is 3. The van der Waals surface area contributed by atoms with E-state index in [-0.39, 0.29) is 12.2 Å². The summed E-state index contributed by atoms with van der Waals surface area (Å²) >= 11 is 0. The quantitative estimate of drug-likeness (QED) is 0.359. The number of carbonyl (C=O) groups excluding carboxylic acids is 3. The second-order valence-electron chi connectivity index (χ2n) is 9.19. The molecule has 1 heterocycles. The van der Waals surface area contributed by atoms with Crippen LogP contribution in [0.4, 0.5) is 4.79 Å². The fourth-order valence-corrected chi connectivity index (χ4v) is 5.47. The molecule has 0 radical (unpaired) electrons. The number of phenols is 1. The lowest BCUT2D eigenvalue weighted by molar-refractivity contribution is -0.137. The number of hydrogen-bond donors (Lipinski definition) is 3. The van der Waals surface area contributed by atoms with Gasteiger partial charge in [-0.3, -0.25) is 9.59 Å². The minimum Gasteiger partial charge on any atom is -0.507 e. The van der Waals surface area contributed by atoms with Crippen LogP contribution in [-0.2, 0) is 14.3 Å². The number of aliphatic hydroxyl groups excluding tert-OH is 2. The summed E-state index contributed by atoms with van der Waals surface area (Å²) in [5.74, 6) is -3.50. The molecule has 3 N–H and O–H groups in total. The highest BCUT2D eigenvalue weighted by molar-refractivity contribution is 6.15. The van der Waals surface area contributed by atoms with Crippen molar-refractivity contribution in [2.75, 3.05) is 13.7 Å². The van der Waals surface area contributed by atoms with E-state index in [1.165, 1.54) is 0 Å². The molecule has 3 rings (SSSR count). The first-order chi connectivity index (χ1) is 16.8. The van der Waals surface area contributed by atoms with Gasteiger partial charge in [0.2, 0.25) is 11.8 Å². The molecule has 35 heavy (non-hydrogen) atoms. The number of aliphatic hydroxyl groups is 2. The summed E-state index contributed by atoms with van der Waals surface area (Å²) in [5, 5.41) is 31.7. The van der Waals surface area contributed by atoms with Gasteiger partial charge in [-0.1, -0.05) is 55.7 Å². The predicted molar refractivity (Wildman–Crippen MR) is 130 cm³/mol. The van der Waals surface area contributed by atoms with Crippen molar-refractivity contribution in [3.05, 3.63) is 46.5 Å². The fourth-order valence-electron chi connectivity index (χ4n) is 5.47. The second kappa shape index (κ2) is 11.6. The Morgan fingerprint density at radius 1 is 1.20 bits per heavy atom. The summed E-state index contributed by atoms with van der Waals surface area (Å²) < 4.78 is 4.62. The van der Waals surface area contributed by atoms with E-state index in [4.69, 9.17) is 0 Å². The standard InChI is InChI=1S/C27H35NO7/c1-4-8-16(13-18-9-6-7-10-21(18)30)11-12-22(31)23-17(5-2)14-19-24(20(23)15-29)26(33)28(25(19)32)27(34)35-3/h6-7,9-10,13,19-20,22,24,29-31H,4-5,8,11-12,14-15H2,1-3H3/b16-13+/t19-,20+,22-,24-/m1/s1. The van der Waals surface area contributed by atoms with E-state index < -0.39 is 48.4 Å². The van der Waals surface area contributed by atoms with Gasteiger partial charge in [0, 0.05) is 11.5 Å². The molecule has 1 aromatic rings. The molecule has 2 aliphatic rings. The first kappa shape index (κ1) is 26.6. The van der Waals surface area contributed by atoms with Crippen molar-refractivity contribution in [3.8, 4) is 5.75 Å². The van der Waals surface area contributed by atoms with E-state index in [9.17, 15) is 29.7 Å². The number of para-hydroxylation sites is 1. The van der Waals surface area contributed by atoms with Crippen LogP contribution in [0.2, 0.25) is 0 Å². The molecular weight excluding hydrogens is 450 g/mol. The molecule has 0 bridgehead atoms. The van der Waals surface area contributed by atoms with Crippen molar-refractivity contribution in [2.24, 2.45) is 17.8 Å². The Labute approximate surface area is 205 Å². The number of benzene rings is 1. The van der Waals surface area contributed by atoms with Crippen LogP contribution in [0.1, 0.15) is 57.9 Å². The minimum absolute atomic E-state index is 0.191. The van der Waals surface area contributed by atoms with Crippen LogP contribution in [0.3, 0.4) is 0 Å². The molecule has 4 atom stereocenters. The number of nitrogens with zero attached hydrogens (tertiary/aromatic N) is 1. The van der Waals surface area contributed by atoms with Gasteiger partial charge >= 0.3 is 6.09 Å². The molecule has 1 fully saturated rings. The van der Waals surface area contributed by atoms with Crippen molar-refractivity contribution in [1.82, 2.24) is 4.90 Å². The highest BCUT2D eigenvalue weighted by atomic mass is 16.5. The average molecular weight is 486 g/mol. The lowest BCUT2D eigenvalue weighted by Crippen LogP contribution is -2.40. The number of carbonyl (C=O) groups is 3. The molecule has 8 nitrogen and oxygen atoms in total. The molecule has 1 aliphatic heterocycles. The van der Waals surface area contributed by atoms with Crippen LogP contribution in [0.5, 0.6) is 5.75 Å². The maximum absolute atomic E-state index is 13.0. The predicted octanol–water partition coefficient (Wildman–Crippen LogP) is 3.80. The van der Waals surface area contributed by atoms with E-state index in [0.717, 1.165) is 31.1 Å². The fraction of sp³-hybridized carbons (Fsp3) is 0.519. The van der Waals surface area contributed by atoms with E-state index in [1.807, 2.05) is 25.1 Å². The summed E-state index contributed by atoms with van der Waals surface area (Å²) in [4.78, 5) is 38.5. The van der Waals surface area contributed by atoms with Crippen LogP contribution in [-0.4, -0.2) is 57.9 Å². The lowest BCUT2D eigenvalue weighted by atomic mass is 9.67. The van der Waals surface area contributed by atoms with Gasteiger partial charge in [0.05, 0.1) is 31.7 Å². The van der Waals surface area contributed by atoms with Crippen LogP contribution < -0.4 is 0 Å². The molecule has 0 spiro atoms. The third kappa shape index (κ3) is 5.33. The van der Waals surface area contributed by atoms with Gasteiger partial charge < -0.3 is 20.1 Å². The highest BCUT2D eigenvalue weighted by Crippen LogP contribution is 2.47. The number of hydrogen-bond acceptors (Lipinski definition) is 7. The number of rotatable bonds is 9. The number of phenolic OH excluding ortho intramolecular Hbond substituents is 1. The zero-order valence-corrected chi connectivity index (χ0v) is 20.6. The second-order valence-corrected chi connectivity index (χ2v) is 9.19. The van der Waals surface area contributed by atoms with E-state index in [0.29, 0.717) is 35.3 Å².